The summed E-state index contributed by atoms with van der Waals surface area (Å²) >= 11 is 0. The van der Waals surface area contributed by atoms with Crippen LogP contribution in [-0.4, -0.2) is 18.3 Å². The molecule has 5 heteroatoms. The Morgan fingerprint density at radius 2 is 1.65 bits per heavy atom. The summed E-state index contributed by atoms with van der Waals surface area (Å²) in [6, 6.07) is 20.2. The van der Waals surface area contributed by atoms with E-state index in [9.17, 15) is 9.59 Å². The molecule has 1 heterocycles. The number of ether oxygens (including phenoxy) is 1. The molecule has 0 saturated heterocycles. The van der Waals surface area contributed by atoms with Crippen LogP contribution in [0.2, 0.25) is 0 Å². The van der Waals surface area contributed by atoms with Crippen molar-refractivity contribution in [3.05, 3.63) is 94.7 Å². The van der Waals surface area contributed by atoms with Gasteiger partial charge in [-0.15, -0.1) is 0 Å². The number of hydrogen-bond acceptors (Lipinski definition) is 4. The van der Waals surface area contributed by atoms with E-state index in [4.69, 9.17) is 9.15 Å². The number of para-hydroxylation sites is 1. The Morgan fingerprint density at radius 1 is 0.903 bits per heavy atom. The largest absolute Gasteiger partial charge is 0.483 e. The molecule has 156 valence electrons. The lowest BCUT2D eigenvalue weighted by Crippen LogP contribution is -2.21. The highest BCUT2D eigenvalue weighted by atomic mass is 16.5. The molecule has 0 fully saturated rings. The molecule has 0 aliphatic carbocycles. The third kappa shape index (κ3) is 4.21. The van der Waals surface area contributed by atoms with Crippen LogP contribution in [0.3, 0.4) is 0 Å². The fraction of sp³-hybridized carbons (Fsp3) is 0.154. The maximum atomic E-state index is 13.1. The number of benzene rings is 3. The van der Waals surface area contributed by atoms with Crippen molar-refractivity contribution in [2.45, 2.75) is 20.8 Å². The van der Waals surface area contributed by atoms with Crippen LogP contribution in [0.4, 0.5) is 5.69 Å². The molecule has 4 rings (SSSR count). The normalized spacial score (nSPS) is 10.8. The molecule has 5 nitrogen and oxygen atoms in total. The topological polar surface area (TPSA) is 68.5 Å². The summed E-state index contributed by atoms with van der Waals surface area (Å²) in [5.74, 6) is 0.0978. The van der Waals surface area contributed by atoms with E-state index in [2.05, 4.69) is 5.32 Å². The fourth-order valence-corrected chi connectivity index (χ4v) is 3.36. The van der Waals surface area contributed by atoms with Crippen molar-refractivity contribution < 1.29 is 18.7 Å². The van der Waals surface area contributed by atoms with Crippen LogP contribution in [-0.2, 0) is 4.79 Å². The Labute approximate surface area is 180 Å². The van der Waals surface area contributed by atoms with Crippen molar-refractivity contribution >= 4 is 28.3 Å². The lowest BCUT2D eigenvalue weighted by Gasteiger charge is -2.11. The fourth-order valence-electron chi connectivity index (χ4n) is 3.36. The number of amides is 1. The van der Waals surface area contributed by atoms with Gasteiger partial charge >= 0.3 is 0 Å². The second kappa shape index (κ2) is 8.48. The van der Waals surface area contributed by atoms with Crippen LogP contribution >= 0.6 is 0 Å². The minimum atomic E-state index is -0.370. The summed E-state index contributed by atoms with van der Waals surface area (Å²) in [4.78, 5) is 25.8. The van der Waals surface area contributed by atoms with Gasteiger partial charge in [-0.2, -0.15) is 0 Å². The number of fused-ring (bicyclic) bond motifs is 1. The van der Waals surface area contributed by atoms with Crippen LogP contribution in [0.15, 0.2) is 71.1 Å². The molecule has 3 aromatic carbocycles. The van der Waals surface area contributed by atoms with Crippen molar-refractivity contribution in [2.75, 3.05) is 11.9 Å². The summed E-state index contributed by atoms with van der Waals surface area (Å²) in [5, 5.41) is 3.49. The van der Waals surface area contributed by atoms with E-state index in [0.717, 1.165) is 16.7 Å². The molecular formula is C26H23NO4. The van der Waals surface area contributed by atoms with Gasteiger partial charge < -0.3 is 14.5 Å². The van der Waals surface area contributed by atoms with Gasteiger partial charge in [-0.25, -0.2) is 0 Å². The summed E-state index contributed by atoms with van der Waals surface area (Å²) in [7, 11) is 0. The number of nitrogens with one attached hydrogen (secondary N) is 1. The maximum absolute atomic E-state index is 13.1. The first-order valence-corrected chi connectivity index (χ1v) is 10.1. The van der Waals surface area contributed by atoms with E-state index < -0.39 is 0 Å². The Hall–Kier alpha value is -3.86. The highest BCUT2D eigenvalue weighted by Crippen LogP contribution is 2.32. The number of anilines is 1. The monoisotopic (exact) mass is 413 g/mol. The van der Waals surface area contributed by atoms with Crippen molar-refractivity contribution in [1.82, 2.24) is 0 Å². The molecule has 0 unspecified atom stereocenters. The van der Waals surface area contributed by atoms with Gasteiger partial charge in [0.1, 0.15) is 11.3 Å². The summed E-state index contributed by atoms with van der Waals surface area (Å²) in [6.07, 6.45) is 0. The maximum Gasteiger partial charge on any atom is 0.262 e. The zero-order chi connectivity index (χ0) is 22.0. The van der Waals surface area contributed by atoms with E-state index in [1.54, 1.807) is 18.2 Å². The molecule has 0 radical (unpaired) electrons. The van der Waals surface area contributed by atoms with Crippen molar-refractivity contribution in [1.29, 1.82) is 0 Å². The molecule has 1 aromatic heterocycles. The molecule has 1 amide bonds. The molecule has 4 aromatic rings. The quantitative estimate of drug-likeness (QED) is 0.417. The Balaban J connectivity index is 1.61. The third-order valence-corrected chi connectivity index (χ3v) is 5.29. The third-order valence-electron chi connectivity index (χ3n) is 5.29. The van der Waals surface area contributed by atoms with E-state index in [-0.39, 0.29) is 24.1 Å². The summed E-state index contributed by atoms with van der Waals surface area (Å²) in [6.45, 7) is 5.71. The van der Waals surface area contributed by atoms with Crippen LogP contribution < -0.4 is 10.1 Å². The molecule has 0 saturated carbocycles. The summed E-state index contributed by atoms with van der Waals surface area (Å²) in [5.41, 5.74) is 4.51. The average molecular weight is 413 g/mol. The number of hydrogen-bond donors (Lipinski definition) is 1. The van der Waals surface area contributed by atoms with Gasteiger partial charge in [0.05, 0.1) is 5.69 Å². The number of aryl methyl sites for hydroxylation is 2. The minimum Gasteiger partial charge on any atom is -0.483 e. The molecule has 0 atom stereocenters. The van der Waals surface area contributed by atoms with Crippen molar-refractivity contribution in [2.24, 2.45) is 0 Å². The lowest BCUT2D eigenvalue weighted by atomic mass is 10.1. The van der Waals surface area contributed by atoms with E-state index in [1.165, 1.54) is 0 Å². The number of furan rings is 1. The SMILES string of the molecule is Cc1ccc(C(=O)c2oc3ccccc3c2NC(=O)COc2cccc(C)c2C)cc1. The molecule has 0 aliphatic rings. The van der Waals surface area contributed by atoms with E-state index >= 15 is 0 Å². The lowest BCUT2D eigenvalue weighted by molar-refractivity contribution is -0.118. The van der Waals surface area contributed by atoms with Gasteiger partial charge in [-0.3, -0.25) is 9.59 Å². The second-order valence-corrected chi connectivity index (χ2v) is 7.53. The highest BCUT2D eigenvalue weighted by molar-refractivity contribution is 6.17. The highest BCUT2D eigenvalue weighted by Gasteiger charge is 2.23. The predicted molar refractivity (Wildman–Crippen MR) is 121 cm³/mol. The van der Waals surface area contributed by atoms with Gasteiger partial charge in [0.2, 0.25) is 5.78 Å². The number of ketones is 1. The van der Waals surface area contributed by atoms with Crippen molar-refractivity contribution in [3.63, 3.8) is 0 Å². The van der Waals surface area contributed by atoms with E-state index in [0.29, 0.717) is 28.0 Å². The number of rotatable bonds is 6. The van der Waals surface area contributed by atoms with Gasteiger partial charge in [-0.1, -0.05) is 54.1 Å². The first-order valence-electron chi connectivity index (χ1n) is 10.1. The predicted octanol–water partition coefficient (Wildman–Crippen LogP) is 5.61. The molecular weight excluding hydrogens is 390 g/mol. The van der Waals surface area contributed by atoms with Crippen LogP contribution in [0.25, 0.3) is 11.0 Å². The van der Waals surface area contributed by atoms with Gasteiger partial charge in [0.15, 0.2) is 12.4 Å². The van der Waals surface area contributed by atoms with Crippen molar-refractivity contribution in [3.8, 4) is 5.75 Å². The summed E-state index contributed by atoms with van der Waals surface area (Å²) < 4.78 is 11.5. The smallest absolute Gasteiger partial charge is 0.262 e. The molecule has 31 heavy (non-hydrogen) atoms. The Bertz CT molecular complexity index is 1270. The first-order chi connectivity index (χ1) is 14.9. The number of carbonyl (C=O) groups is 2. The number of carbonyl (C=O) groups excluding carboxylic acids is 2. The zero-order valence-electron chi connectivity index (χ0n) is 17.7. The molecule has 0 aliphatic heterocycles. The standard InChI is InChI=1S/C26H23NO4/c1-16-11-13-19(14-12-16)25(29)26-24(20-8-4-5-9-22(20)31-26)27-23(28)15-30-21-10-6-7-17(2)18(21)3/h4-14H,15H2,1-3H3,(H,27,28). The van der Waals surface area contributed by atoms with E-state index in [1.807, 2.05) is 69.3 Å². The van der Waals surface area contributed by atoms with Gasteiger partial charge in [-0.05, 0) is 50.1 Å². The van der Waals surface area contributed by atoms with Crippen LogP contribution in [0.5, 0.6) is 5.75 Å². The first kappa shape index (κ1) is 20.4. The zero-order valence-corrected chi connectivity index (χ0v) is 17.7. The molecule has 0 spiro atoms. The average Bonchev–Trinajstić information content (AvgIpc) is 3.13. The Kier molecular flexibility index (Phi) is 5.58. The van der Waals surface area contributed by atoms with Crippen LogP contribution in [0, 0.1) is 20.8 Å². The Morgan fingerprint density at radius 3 is 2.42 bits per heavy atom. The van der Waals surface area contributed by atoms with Gasteiger partial charge in [0, 0.05) is 10.9 Å². The minimum absolute atomic E-state index is 0.102. The van der Waals surface area contributed by atoms with Gasteiger partial charge in [0.25, 0.3) is 5.91 Å². The molecule has 0 bridgehead atoms. The second-order valence-electron chi connectivity index (χ2n) is 7.53. The molecule has 1 N–H and O–H groups in total. The van der Waals surface area contributed by atoms with Crippen LogP contribution in [0.1, 0.15) is 32.8 Å².